The van der Waals surface area contributed by atoms with Gasteiger partial charge in [-0.1, -0.05) is 106 Å². The monoisotopic (exact) mass is 435 g/mol. The minimum Gasteiger partial charge on any atom is -0.460 e. The van der Waals surface area contributed by atoms with E-state index in [4.69, 9.17) is 16.2 Å². The van der Waals surface area contributed by atoms with E-state index in [1.165, 1.54) is 5.56 Å². The van der Waals surface area contributed by atoms with Crippen LogP contribution in [0, 0.1) is 0 Å². The third-order valence-corrected chi connectivity index (χ3v) is 6.62. The SMILES string of the molecule is CC(C)(C)c1ccc(C2(c3ccccc3)Oc3ncc(N)c(N)c3C2c2ccccc2)cc1. The molecule has 1 aromatic heterocycles. The van der Waals surface area contributed by atoms with Crippen LogP contribution < -0.4 is 16.2 Å². The van der Waals surface area contributed by atoms with Crippen molar-refractivity contribution in [2.45, 2.75) is 37.7 Å². The van der Waals surface area contributed by atoms with Gasteiger partial charge in [-0.2, -0.15) is 0 Å². The van der Waals surface area contributed by atoms with Crippen molar-refractivity contribution in [1.29, 1.82) is 0 Å². The number of rotatable bonds is 3. The highest BCUT2D eigenvalue weighted by molar-refractivity contribution is 5.74. The first-order chi connectivity index (χ1) is 15.8. The third kappa shape index (κ3) is 3.34. The fraction of sp³-hybridized carbons (Fsp3) is 0.207. The van der Waals surface area contributed by atoms with Gasteiger partial charge in [0.15, 0.2) is 5.60 Å². The average molecular weight is 436 g/mol. The summed E-state index contributed by atoms with van der Waals surface area (Å²) in [6, 6.07) is 29.4. The van der Waals surface area contributed by atoms with Gasteiger partial charge >= 0.3 is 0 Å². The summed E-state index contributed by atoms with van der Waals surface area (Å²) in [5.41, 5.74) is 18.3. The lowest BCUT2D eigenvalue weighted by atomic mass is 9.71. The standard InChI is InChI=1S/C29H29N3O/c1-28(2,3)20-14-16-22(17-15-20)29(21-12-8-5-9-13-21)25(19-10-6-4-7-11-19)24-26(31)23(30)18-32-27(24)33-29/h4-18,25H,30H2,1-3H3,(H2,31,32). The molecule has 0 aliphatic carbocycles. The molecule has 4 aromatic rings. The number of anilines is 2. The summed E-state index contributed by atoms with van der Waals surface area (Å²) in [4.78, 5) is 4.57. The van der Waals surface area contributed by atoms with Crippen LogP contribution in [0.3, 0.4) is 0 Å². The summed E-state index contributed by atoms with van der Waals surface area (Å²) >= 11 is 0. The molecule has 0 radical (unpaired) electrons. The molecule has 3 aromatic carbocycles. The summed E-state index contributed by atoms with van der Waals surface area (Å²) in [5.74, 6) is 0.312. The summed E-state index contributed by atoms with van der Waals surface area (Å²) in [5, 5.41) is 0. The van der Waals surface area contributed by atoms with E-state index in [1.54, 1.807) is 6.20 Å². The number of nitrogens with two attached hydrogens (primary N) is 2. The Balaban J connectivity index is 1.83. The van der Waals surface area contributed by atoms with Crippen LogP contribution in [-0.2, 0) is 11.0 Å². The molecule has 0 spiro atoms. The normalized spacial score (nSPS) is 19.7. The van der Waals surface area contributed by atoms with Crippen molar-refractivity contribution < 1.29 is 4.74 Å². The predicted octanol–water partition coefficient (Wildman–Crippen LogP) is 6.01. The molecule has 0 fully saturated rings. The van der Waals surface area contributed by atoms with E-state index < -0.39 is 5.60 Å². The molecule has 166 valence electrons. The molecule has 2 atom stereocenters. The van der Waals surface area contributed by atoms with Crippen molar-refractivity contribution >= 4 is 11.4 Å². The molecule has 0 saturated heterocycles. The molecule has 0 saturated carbocycles. The van der Waals surface area contributed by atoms with Crippen LogP contribution in [0.2, 0.25) is 0 Å². The lowest BCUT2D eigenvalue weighted by Crippen LogP contribution is -2.37. The van der Waals surface area contributed by atoms with Crippen molar-refractivity contribution in [1.82, 2.24) is 4.98 Å². The van der Waals surface area contributed by atoms with Crippen molar-refractivity contribution in [2.24, 2.45) is 0 Å². The first-order valence-corrected chi connectivity index (χ1v) is 11.3. The summed E-state index contributed by atoms with van der Waals surface area (Å²) < 4.78 is 6.85. The molecule has 5 rings (SSSR count). The Morgan fingerprint density at radius 2 is 1.36 bits per heavy atom. The van der Waals surface area contributed by atoms with E-state index in [0.717, 1.165) is 22.3 Å². The molecular weight excluding hydrogens is 406 g/mol. The van der Waals surface area contributed by atoms with Crippen LogP contribution in [0.5, 0.6) is 5.88 Å². The minimum atomic E-state index is -0.837. The fourth-order valence-electron chi connectivity index (χ4n) is 4.88. The number of fused-ring (bicyclic) bond motifs is 1. The van der Waals surface area contributed by atoms with E-state index in [9.17, 15) is 0 Å². The lowest BCUT2D eigenvalue weighted by molar-refractivity contribution is 0.118. The molecule has 4 N–H and O–H groups in total. The van der Waals surface area contributed by atoms with E-state index in [0.29, 0.717) is 17.3 Å². The first-order valence-electron chi connectivity index (χ1n) is 11.3. The van der Waals surface area contributed by atoms with E-state index in [2.05, 4.69) is 74.3 Å². The second-order valence-electron chi connectivity index (χ2n) is 9.72. The van der Waals surface area contributed by atoms with Crippen LogP contribution in [0.1, 0.15) is 54.5 Å². The van der Waals surface area contributed by atoms with Gasteiger partial charge in [-0.15, -0.1) is 0 Å². The van der Waals surface area contributed by atoms with Crippen molar-refractivity contribution in [3.63, 3.8) is 0 Å². The highest BCUT2D eigenvalue weighted by Gasteiger charge is 2.53. The highest BCUT2D eigenvalue weighted by Crippen LogP contribution is 2.58. The number of nitrogen functional groups attached to an aromatic ring is 2. The molecule has 4 heteroatoms. The third-order valence-electron chi connectivity index (χ3n) is 6.62. The lowest BCUT2D eigenvalue weighted by Gasteiger charge is -2.36. The number of hydrogen-bond donors (Lipinski definition) is 2. The second kappa shape index (κ2) is 7.66. The van der Waals surface area contributed by atoms with E-state index >= 15 is 0 Å². The molecule has 0 amide bonds. The Morgan fingerprint density at radius 3 is 1.97 bits per heavy atom. The Kier molecular flexibility index (Phi) is 4.89. The molecule has 4 nitrogen and oxygen atoms in total. The van der Waals surface area contributed by atoms with Gasteiger partial charge in [0.25, 0.3) is 0 Å². The van der Waals surface area contributed by atoms with Crippen molar-refractivity contribution in [3.8, 4) is 5.88 Å². The summed E-state index contributed by atoms with van der Waals surface area (Å²) in [7, 11) is 0. The van der Waals surface area contributed by atoms with Gasteiger partial charge in [-0.25, -0.2) is 4.98 Å². The molecule has 1 aliphatic rings. The van der Waals surface area contributed by atoms with Crippen LogP contribution >= 0.6 is 0 Å². The maximum atomic E-state index is 6.85. The Labute approximate surface area is 195 Å². The smallest absolute Gasteiger partial charge is 0.220 e. The number of hydrogen-bond acceptors (Lipinski definition) is 4. The number of nitrogens with zero attached hydrogens (tertiary/aromatic N) is 1. The van der Waals surface area contributed by atoms with Crippen molar-refractivity contribution in [2.75, 3.05) is 11.5 Å². The van der Waals surface area contributed by atoms with Crippen LogP contribution in [-0.4, -0.2) is 4.98 Å². The van der Waals surface area contributed by atoms with Gasteiger partial charge in [-0.05, 0) is 16.5 Å². The Morgan fingerprint density at radius 1 is 0.788 bits per heavy atom. The van der Waals surface area contributed by atoms with E-state index in [1.807, 2.05) is 36.4 Å². The maximum absolute atomic E-state index is 6.85. The summed E-state index contributed by atoms with van der Waals surface area (Å²) in [6.07, 6.45) is 1.58. The second-order valence-corrected chi connectivity index (χ2v) is 9.72. The quantitative estimate of drug-likeness (QED) is 0.413. The fourth-order valence-corrected chi connectivity index (χ4v) is 4.88. The largest absolute Gasteiger partial charge is 0.460 e. The highest BCUT2D eigenvalue weighted by atomic mass is 16.5. The molecule has 2 heterocycles. The molecule has 2 unspecified atom stereocenters. The number of pyridine rings is 1. The summed E-state index contributed by atoms with van der Waals surface area (Å²) in [6.45, 7) is 6.66. The topological polar surface area (TPSA) is 74.2 Å². The van der Waals surface area contributed by atoms with E-state index in [-0.39, 0.29) is 11.3 Å². The predicted molar refractivity (Wildman–Crippen MR) is 134 cm³/mol. The van der Waals surface area contributed by atoms with Crippen LogP contribution in [0.4, 0.5) is 11.4 Å². The Hall–Kier alpha value is -3.79. The van der Waals surface area contributed by atoms with Gasteiger partial charge in [-0.3, -0.25) is 0 Å². The zero-order valence-electron chi connectivity index (χ0n) is 19.2. The first kappa shape index (κ1) is 21.1. The number of aromatic nitrogens is 1. The molecular formula is C29H29N3O. The molecule has 0 bridgehead atoms. The van der Waals surface area contributed by atoms with Gasteiger partial charge in [0.1, 0.15) is 0 Å². The Bertz CT molecular complexity index is 1280. The minimum absolute atomic E-state index is 0.0528. The zero-order chi connectivity index (χ0) is 23.2. The van der Waals surface area contributed by atoms with Gasteiger partial charge in [0.05, 0.1) is 29.1 Å². The molecule has 1 aliphatic heterocycles. The zero-order valence-corrected chi connectivity index (χ0v) is 19.2. The van der Waals surface area contributed by atoms with Gasteiger partial charge in [0, 0.05) is 11.1 Å². The average Bonchev–Trinajstić information content (AvgIpc) is 3.19. The van der Waals surface area contributed by atoms with Crippen LogP contribution in [0.25, 0.3) is 0 Å². The molecule has 33 heavy (non-hydrogen) atoms. The van der Waals surface area contributed by atoms with Crippen molar-refractivity contribution in [3.05, 3.63) is 119 Å². The maximum Gasteiger partial charge on any atom is 0.220 e. The van der Waals surface area contributed by atoms with Crippen LogP contribution in [0.15, 0.2) is 91.1 Å². The number of ether oxygens (including phenoxy) is 1. The van der Waals surface area contributed by atoms with Gasteiger partial charge in [0.2, 0.25) is 5.88 Å². The van der Waals surface area contributed by atoms with Gasteiger partial charge < -0.3 is 16.2 Å². The number of benzene rings is 3.